The molecule has 98 valence electrons. The Kier molecular flexibility index (Phi) is 5.94. The molecule has 0 fully saturated rings. The summed E-state index contributed by atoms with van der Waals surface area (Å²) in [5, 5.41) is 15.0. The molecule has 1 aromatic carbocycles. The Labute approximate surface area is 108 Å². The van der Waals surface area contributed by atoms with Gasteiger partial charge in [0, 0.05) is 12.1 Å². The predicted molar refractivity (Wildman–Crippen MR) is 74.8 cm³/mol. The highest BCUT2D eigenvalue weighted by Gasteiger charge is 2.03. The number of amidine groups is 1. The largest absolute Gasteiger partial charge is 0.409 e. The zero-order valence-corrected chi connectivity index (χ0v) is 11.0. The standard InChI is InChI=1S/C14H21N3O/c1-3-4-5-8-16-10-13-7-6-12(9-11(13)2)14(15)17-18/h3-4,6-7,9,16,18H,5,8,10H2,1-2H3,(H2,15,17)/b4-3+. The van der Waals surface area contributed by atoms with E-state index in [1.165, 1.54) is 5.56 Å². The van der Waals surface area contributed by atoms with Crippen molar-refractivity contribution < 1.29 is 5.21 Å². The molecule has 0 spiro atoms. The maximum absolute atomic E-state index is 8.62. The van der Waals surface area contributed by atoms with Crippen LogP contribution in [0.4, 0.5) is 0 Å². The van der Waals surface area contributed by atoms with Crippen LogP contribution in [-0.4, -0.2) is 17.6 Å². The minimum absolute atomic E-state index is 0.144. The van der Waals surface area contributed by atoms with E-state index in [4.69, 9.17) is 10.9 Å². The monoisotopic (exact) mass is 247 g/mol. The molecule has 4 N–H and O–H groups in total. The molecule has 0 atom stereocenters. The van der Waals surface area contributed by atoms with Gasteiger partial charge in [-0.2, -0.15) is 0 Å². The summed E-state index contributed by atoms with van der Waals surface area (Å²) in [5.41, 5.74) is 8.65. The molecule has 0 aromatic heterocycles. The summed E-state index contributed by atoms with van der Waals surface area (Å²) in [4.78, 5) is 0. The summed E-state index contributed by atoms with van der Waals surface area (Å²) < 4.78 is 0. The maximum atomic E-state index is 8.62. The van der Waals surface area contributed by atoms with Crippen LogP contribution in [0.5, 0.6) is 0 Å². The van der Waals surface area contributed by atoms with Crippen LogP contribution in [0, 0.1) is 6.92 Å². The molecule has 0 bridgehead atoms. The van der Waals surface area contributed by atoms with Crippen molar-refractivity contribution in [1.82, 2.24) is 5.32 Å². The van der Waals surface area contributed by atoms with Crippen LogP contribution in [0.3, 0.4) is 0 Å². The number of nitrogens with zero attached hydrogens (tertiary/aromatic N) is 1. The predicted octanol–water partition coefficient (Wildman–Crippen LogP) is 2.15. The Morgan fingerprint density at radius 1 is 1.50 bits per heavy atom. The fraction of sp³-hybridized carbons (Fsp3) is 0.357. The van der Waals surface area contributed by atoms with Crippen molar-refractivity contribution in [3.63, 3.8) is 0 Å². The first-order chi connectivity index (χ1) is 8.69. The Morgan fingerprint density at radius 2 is 2.28 bits per heavy atom. The van der Waals surface area contributed by atoms with Gasteiger partial charge in [0.1, 0.15) is 0 Å². The number of nitrogens with one attached hydrogen (secondary N) is 1. The summed E-state index contributed by atoms with van der Waals surface area (Å²) in [7, 11) is 0. The SMILES string of the molecule is C/C=C/CCNCc1ccc(/C(N)=N/O)cc1C. The first-order valence-corrected chi connectivity index (χ1v) is 6.08. The highest BCUT2D eigenvalue weighted by molar-refractivity contribution is 5.97. The van der Waals surface area contributed by atoms with E-state index >= 15 is 0 Å². The summed E-state index contributed by atoms with van der Waals surface area (Å²) >= 11 is 0. The van der Waals surface area contributed by atoms with Crippen LogP contribution in [0.15, 0.2) is 35.5 Å². The van der Waals surface area contributed by atoms with Gasteiger partial charge in [0.2, 0.25) is 0 Å². The molecular weight excluding hydrogens is 226 g/mol. The molecule has 0 aliphatic carbocycles. The molecule has 0 amide bonds. The molecule has 4 nitrogen and oxygen atoms in total. The van der Waals surface area contributed by atoms with E-state index in [1.54, 1.807) is 0 Å². The normalized spacial score (nSPS) is 12.2. The quantitative estimate of drug-likeness (QED) is 0.180. The summed E-state index contributed by atoms with van der Waals surface area (Å²) in [5.74, 6) is 0.144. The summed E-state index contributed by atoms with van der Waals surface area (Å²) in [6.45, 7) is 5.85. The highest BCUT2D eigenvalue weighted by atomic mass is 16.4. The van der Waals surface area contributed by atoms with Gasteiger partial charge in [-0.15, -0.1) is 0 Å². The first-order valence-electron chi connectivity index (χ1n) is 6.08. The van der Waals surface area contributed by atoms with Gasteiger partial charge in [-0.1, -0.05) is 29.4 Å². The molecule has 4 heteroatoms. The lowest BCUT2D eigenvalue weighted by Gasteiger charge is -2.08. The van der Waals surface area contributed by atoms with Gasteiger partial charge in [-0.25, -0.2) is 0 Å². The van der Waals surface area contributed by atoms with Crippen molar-refractivity contribution in [3.05, 3.63) is 47.0 Å². The molecule has 0 aliphatic heterocycles. The topological polar surface area (TPSA) is 70.6 Å². The number of hydrogen-bond donors (Lipinski definition) is 3. The van der Waals surface area contributed by atoms with Gasteiger partial charge in [-0.05, 0) is 44.0 Å². The van der Waals surface area contributed by atoms with E-state index in [2.05, 4.69) is 22.6 Å². The third-order valence-corrected chi connectivity index (χ3v) is 2.79. The Hall–Kier alpha value is -1.81. The average molecular weight is 247 g/mol. The summed E-state index contributed by atoms with van der Waals surface area (Å²) in [6, 6.07) is 5.80. The van der Waals surface area contributed by atoms with E-state index in [0.29, 0.717) is 0 Å². The third-order valence-electron chi connectivity index (χ3n) is 2.79. The Bertz CT molecular complexity index is 439. The van der Waals surface area contributed by atoms with E-state index in [-0.39, 0.29) is 5.84 Å². The van der Waals surface area contributed by atoms with Crippen molar-refractivity contribution in [3.8, 4) is 0 Å². The number of nitrogens with two attached hydrogens (primary N) is 1. The molecule has 0 heterocycles. The molecule has 1 aromatic rings. The van der Waals surface area contributed by atoms with Gasteiger partial charge >= 0.3 is 0 Å². The molecule has 0 saturated carbocycles. The van der Waals surface area contributed by atoms with E-state index < -0.39 is 0 Å². The van der Waals surface area contributed by atoms with Crippen LogP contribution in [0.2, 0.25) is 0 Å². The molecule has 1 rings (SSSR count). The summed E-state index contributed by atoms with van der Waals surface area (Å²) in [6.07, 6.45) is 5.23. The number of hydrogen-bond acceptors (Lipinski definition) is 3. The third kappa shape index (κ3) is 4.22. The number of rotatable bonds is 6. The van der Waals surface area contributed by atoms with Crippen LogP contribution >= 0.6 is 0 Å². The van der Waals surface area contributed by atoms with Crippen molar-refractivity contribution in [2.24, 2.45) is 10.9 Å². The van der Waals surface area contributed by atoms with Gasteiger partial charge < -0.3 is 16.3 Å². The minimum atomic E-state index is 0.144. The lowest BCUT2D eigenvalue weighted by Crippen LogP contribution is -2.16. The molecular formula is C14H21N3O. The second-order valence-electron chi connectivity index (χ2n) is 4.16. The number of allylic oxidation sites excluding steroid dienone is 1. The fourth-order valence-electron chi connectivity index (χ4n) is 1.69. The fourth-order valence-corrected chi connectivity index (χ4v) is 1.69. The molecule has 0 aliphatic rings. The molecule has 0 radical (unpaired) electrons. The number of benzene rings is 1. The van der Waals surface area contributed by atoms with Crippen LogP contribution in [0.25, 0.3) is 0 Å². The van der Waals surface area contributed by atoms with Crippen LogP contribution in [-0.2, 0) is 6.54 Å². The van der Waals surface area contributed by atoms with Crippen molar-refractivity contribution in [1.29, 1.82) is 0 Å². The van der Waals surface area contributed by atoms with Crippen molar-refractivity contribution >= 4 is 5.84 Å². The average Bonchev–Trinajstić information content (AvgIpc) is 2.39. The lowest BCUT2D eigenvalue weighted by atomic mass is 10.0. The van der Waals surface area contributed by atoms with E-state index in [9.17, 15) is 0 Å². The van der Waals surface area contributed by atoms with Crippen LogP contribution in [0.1, 0.15) is 30.0 Å². The zero-order valence-electron chi connectivity index (χ0n) is 11.0. The molecule has 0 unspecified atom stereocenters. The second-order valence-corrected chi connectivity index (χ2v) is 4.16. The zero-order chi connectivity index (χ0) is 13.4. The Morgan fingerprint density at radius 3 is 2.89 bits per heavy atom. The Balaban J connectivity index is 2.57. The number of aryl methyl sites for hydroxylation is 1. The van der Waals surface area contributed by atoms with Gasteiger partial charge in [0.25, 0.3) is 0 Å². The molecule has 0 saturated heterocycles. The van der Waals surface area contributed by atoms with Crippen molar-refractivity contribution in [2.75, 3.05) is 6.54 Å². The lowest BCUT2D eigenvalue weighted by molar-refractivity contribution is 0.318. The first kappa shape index (κ1) is 14.3. The molecule has 18 heavy (non-hydrogen) atoms. The van der Waals surface area contributed by atoms with E-state index in [1.807, 2.05) is 32.0 Å². The van der Waals surface area contributed by atoms with Gasteiger partial charge in [-0.3, -0.25) is 0 Å². The van der Waals surface area contributed by atoms with Crippen molar-refractivity contribution in [2.45, 2.75) is 26.8 Å². The highest BCUT2D eigenvalue weighted by Crippen LogP contribution is 2.11. The van der Waals surface area contributed by atoms with E-state index in [0.717, 1.165) is 30.6 Å². The maximum Gasteiger partial charge on any atom is 0.170 e. The van der Waals surface area contributed by atoms with Gasteiger partial charge in [0.15, 0.2) is 5.84 Å². The number of oxime groups is 1. The minimum Gasteiger partial charge on any atom is -0.409 e. The van der Waals surface area contributed by atoms with Crippen LogP contribution < -0.4 is 11.1 Å². The smallest absolute Gasteiger partial charge is 0.170 e. The van der Waals surface area contributed by atoms with Gasteiger partial charge in [0.05, 0.1) is 0 Å². The second kappa shape index (κ2) is 7.50.